The molecule has 0 aliphatic carbocycles. The van der Waals surface area contributed by atoms with Gasteiger partial charge in [0.25, 0.3) is 5.56 Å². The summed E-state index contributed by atoms with van der Waals surface area (Å²) in [4.78, 5) is 21.2. The summed E-state index contributed by atoms with van der Waals surface area (Å²) in [7, 11) is 0. The van der Waals surface area contributed by atoms with Crippen LogP contribution in [0, 0.1) is 0 Å². The second kappa shape index (κ2) is 7.51. The van der Waals surface area contributed by atoms with Crippen molar-refractivity contribution in [2.75, 3.05) is 12.3 Å². The fraction of sp³-hybridized carbons (Fsp3) is 0.250. The van der Waals surface area contributed by atoms with Crippen LogP contribution >= 0.6 is 11.6 Å². The minimum absolute atomic E-state index is 0.0108. The SMILES string of the molecule is Nc1ccc2c(=O)n(Cc3nc([C@@H]4CO[C@@H](c5ccc(Cl)cc5)C4)no3)ncc2n1. The summed E-state index contributed by atoms with van der Waals surface area (Å²) >= 11 is 5.95. The van der Waals surface area contributed by atoms with E-state index in [1.807, 2.05) is 24.3 Å². The molecule has 1 aliphatic rings. The first-order valence-electron chi connectivity index (χ1n) is 9.39. The molecule has 0 radical (unpaired) electrons. The summed E-state index contributed by atoms with van der Waals surface area (Å²) in [5.74, 6) is 1.21. The number of ether oxygens (including phenoxy) is 1. The van der Waals surface area contributed by atoms with Crippen molar-refractivity contribution in [1.29, 1.82) is 0 Å². The van der Waals surface area contributed by atoms with Crippen LogP contribution in [0.1, 0.15) is 35.7 Å². The maximum atomic E-state index is 12.6. The monoisotopic (exact) mass is 424 g/mol. The van der Waals surface area contributed by atoms with E-state index in [0.29, 0.717) is 40.1 Å². The molecule has 4 heterocycles. The lowest BCUT2D eigenvalue weighted by atomic mass is 10.0. The number of anilines is 1. The molecule has 1 saturated heterocycles. The molecule has 1 aliphatic heterocycles. The summed E-state index contributed by atoms with van der Waals surface area (Å²) in [6.45, 7) is 0.563. The van der Waals surface area contributed by atoms with Gasteiger partial charge in [0.1, 0.15) is 12.4 Å². The summed E-state index contributed by atoms with van der Waals surface area (Å²) in [5.41, 5.74) is 6.86. The van der Waals surface area contributed by atoms with Gasteiger partial charge in [0.05, 0.1) is 29.8 Å². The molecule has 1 aromatic carbocycles. The second-order valence-corrected chi connectivity index (χ2v) is 7.57. The van der Waals surface area contributed by atoms with Gasteiger partial charge >= 0.3 is 0 Å². The van der Waals surface area contributed by atoms with Crippen LogP contribution in [0.2, 0.25) is 5.02 Å². The van der Waals surface area contributed by atoms with Gasteiger partial charge in [0.15, 0.2) is 5.82 Å². The number of aromatic nitrogens is 5. The Morgan fingerprint density at radius 2 is 2.00 bits per heavy atom. The number of pyridine rings is 1. The van der Waals surface area contributed by atoms with Gasteiger partial charge in [0.2, 0.25) is 5.89 Å². The van der Waals surface area contributed by atoms with E-state index in [1.54, 1.807) is 12.1 Å². The third-order valence-electron chi connectivity index (χ3n) is 5.10. The quantitative estimate of drug-likeness (QED) is 0.530. The molecule has 0 saturated carbocycles. The number of nitrogen functional groups attached to an aromatic ring is 1. The Hall–Kier alpha value is -3.30. The van der Waals surface area contributed by atoms with Crippen molar-refractivity contribution in [3.8, 4) is 0 Å². The van der Waals surface area contributed by atoms with E-state index in [2.05, 4.69) is 20.2 Å². The fourth-order valence-electron chi connectivity index (χ4n) is 3.54. The highest BCUT2D eigenvalue weighted by molar-refractivity contribution is 6.30. The van der Waals surface area contributed by atoms with Gasteiger partial charge in [-0.15, -0.1) is 0 Å². The molecule has 9 nitrogen and oxygen atoms in total. The van der Waals surface area contributed by atoms with E-state index in [0.717, 1.165) is 12.0 Å². The molecule has 152 valence electrons. The smallest absolute Gasteiger partial charge is 0.276 e. The number of rotatable bonds is 4. The molecule has 0 unspecified atom stereocenters. The lowest BCUT2D eigenvalue weighted by molar-refractivity contribution is 0.110. The molecule has 2 atom stereocenters. The van der Waals surface area contributed by atoms with Gasteiger partial charge in [-0.05, 0) is 36.2 Å². The van der Waals surface area contributed by atoms with Crippen molar-refractivity contribution >= 4 is 28.3 Å². The van der Waals surface area contributed by atoms with E-state index in [1.165, 1.54) is 10.9 Å². The zero-order chi connectivity index (χ0) is 20.7. The largest absolute Gasteiger partial charge is 0.384 e. The maximum Gasteiger partial charge on any atom is 0.276 e. The standard InChI is InChI=1S/C20H17ClN6O3/c21-13-3-1-11(2-4-13)16-7-12(10-29-16)19-25-18(30-26-19)9-27-20(28)14-5-6-17(22)24-15(14)8-23-27/h1-6,8,12,16H,7,9-10H2,(H2,22,24)/t12-,16+/m0/s1. The number of benzene rings is 1. The zero-order valence-corrected chi connectivity index (χ0v) is 16.5. The highest BCUT2D eigenvalue weighted by Gasteiger charge is 2.31. The number of nitrogens with zero attached hydrogens (tertiary/aromatic N) is 5. The number of nitrogens with two attached hydrogens (primary N) is 1. The molecular formula is C20H17ClN6O3. The fourth-order valence-corrected chi connectivity index (χ4v) is 3.67. The topological polar surface area (TPSA) is 122 Å². The minimum Gasteiger partial charge on any atom is -0.384 e. The van der Waals surface area contributed by atoms with Gasteiger partial charge in [-0.3, -0.25) is 4.79 Å². The molecule has 0 spiro atoms. The van der Waals surface area contributed by atoms with E-state index >= 15 is 0 Å². The van der Waals surface area contributed by atoms with Crippen LogP contribution < -0.4 is 11.3 Å². The van der Waals surface area contributed by atoms with E-state index in [9.17, 15) is 4.79 Å². The molecular weight excluding hydrogens is 408 g/mol. The molecule has 10 heteroatoms. The normalized spacial score (nSPS) is 18.8. The Labute approximate surface area is 175 Å². The van der Waals surface area contributed by atoms with Crippen LogP contribution in [0.15, 0.2) is 51.9 Å². The van der Waals surface area contributed by atoms with Crippen molar-refractivity contribution in [2.24, 2.45) is 0 Å². The number of hydrogen-bond donors (Lipinski definition) is 1. The average Bonchev–Trinajstić information content (AvgIpc) is 3.40. The lowest BCUT2D eigenvalue weighted by Crippen LogP contribution is -2.23. The minimum atomic E-state index is -0.299. The highest BCUT2D eigenvalue weighted by atomic mass is 35.5. The van der Waals surface area contributed by atoms with Crippen LogP contribution in [-0.2, 0) is 11.3 Å². The Morgan fingerprint density at radius 1 is 1.17 bits per heavy atom. The van der Waals surface area contributed by atoms with Gasteiger partial charge in [0, 0.05) is 10.9 Å². The van der Waals surface area contributed by atoms with Gasteiger partial charge < -0.3 is 15.0 Å². The third-order valence-corrected chi connectivity index (χ3v) is 5.36. The first kappa shape index (κ1) is 18.7. The van der Waals surface area contributed by atoms with E-state index < -0.39 is 0 Å². The molecule has 30 heavy (non-hydrogen) atoms. The van der Waals surface area contributed by atoms with Crippen molar-refractivity contribution < 1.29 is 9.26 Å². The summed E-state index contributed by atoms with van der Waals surface area (Å²) in [6, 6.07) is 10.8. The molecule has 0 amide bonds. The first-order chi connectivity index (χ1) is 14.6. The average molecular weight is 425 g/mol. The van der Waals surface area contributed by atoms with Gasteiger partial charge in [-0.1, -0.05) is 28.9 Å². The van der Waals surface area contributed by atoms with Crippen molar-refractivity contribution in [2.45, 2.75) is 25.0 Å². The van der Waals surface area contributed by atoms with Crippen molar-refractivity contribution in [3.05, 3.63) is 75.3 Å². The van der Waals surface area contributed by atoms with Crippen LogP contribution in [0.3, 0.4) is 0 Å². The van der Waals surface area contributed by atoms with E-state index in [-0.39, 0.29) is 24.1 Å². The molecule has 1 fully saturated rings. The number of halogens is 1. The highest BCUT2D eigenvalue weighted by Crippen LogP contribution is 2.37. The van der Waals surface area contributed by atoms with Crippen molar-refractivity contribution in [3.63, 3.8) is 0 Å². The van der Waals surface area contributed by atoms with Crippen LogP contribution in [-0.4, -0.2) is 31.5 Å². The van der Waals surface area contributed by atoms with E-state index in [4.69, 9.17) is 26.6 Å². The molecule has 4 aromatic rings. The molecule has 2 N–H and O–H groups in total. The zero-order valence-electron chi connectivity index (χ0n) is 15.7. The number of hydrogen-bond acceptors (Lipinski definition) is 8. The summed E-state index contributed by atoms with van der Waals surface area (Å²) < 4.78 is 12.5. The Morgan fingerprint density at radius 3 is 2.83 bits per heavy atom. The van der Waals surface area contributed by atoms with Gasteiger partial charge in [-0.2, -0.15) is 10.1 Å². The maximum absolute atomic E-state index is 12.6. The summed E-state index contributed by atoms with van der Waals surface area (Å²) in [6.07, 6.45) is 2.19. The Balaban J connectivity index is 1.32. The summed E-state index contributed by atoms with van der Waals surface area (Å²) in [5, 5.41) is 9.33. The first-order valence-corrected chi connectivity index (χ1v) is 9.76. The predicted molar refractivity (Wildman–Crippen MR) is 109 cm³/mol. The molecule has 0 bridgehead atoms. The molecule has 3 aromatic heterocycles. The lowest BCUT2D eigenvalue weighted by Gasteiger charge is -2.09. The van der Waals surface area contributed by atoms with Crippen LogP contribution in [0.5, 0.6) is 0 Å². The van der Waals surface area contributed by atoms with Crippen LogP contribution in [0.25, 0.3) is 10.9 Å². The Kier molecular flexibility index (Phi) is 4.68. The predicted octanol–water partition coefficient (Wildman–Crippen LogP) is 2.70. The molecule has 5 rings (SSSR count). The van der Waals surface area contributed by atoms with Crippen LogP contribution in [0.4, 0.5) is 5.82 Å². The Bertz CT molecular complexity index is 1270. The van der Waals surface area contributed by atoms with Gasteiger partial charge in [-0.25, -0.2) is 9.67 Å². The third kappa shape index (κ3) is 3.53. The number of fused-ring (bicyclic) bond motifs is 1. The second-order valence-electron chi connectivity index (χ2n) is 7.13. The van der Waals surface area contributed by atoms with Crippen molar-refractivity contribution in [1.82, 2.24) is 24.9 Å².